The van der Waals surface area contributed by atoms with Crippen LogP contribution in [0.25, 0.3) is 10.9 Å². The summed E-state index contributed by atoms with van der Waals surface area (Å²) in [7, 11) is -0.794. The van der Waals surface area contributed by atoms with Gasteiger partial charge in [0.05, 0.1) is 19.7 Å². The molecule has 2 heterocycles. The molecule has 0 radical (unpaired) electrons. The van der Waals surface area contributed by atoms with Gasteiger partial charge in [-0.1, -0.05) is 0 Å². The summed E-state index contributed by atoms with van der Waals surface area (Å²) in [6, 6.07) is 5.98. The van der Waals surface area contributed by atoms with E-state index in [9.17, 15) is 13.2 Å². The third-order valence-corrected chi connectivity index (χ3v) is 6.66. The number of fused-ring (bicyclic) bond motifs is 1. The van der Waals surface area contributed by atoms with Gasteiger partial charge in [-0.15, -0.1) is 0 Å². The molecule has 0 aliphatic carbocycles. The number of hydrogen-bond donors (Lipinski definition) is 2. The molecule has 2 N–H and O–H groups in total. The van der Waals surface area contributed by atoms with Crippen LogP contribution in [0.1, 0.15) is 27.7 Å². The molecule has 3 rings (SSSR count). The van der Waals surface area contributed by atoms with E-state index < -0.39 is 21.9 Å². The number of nitrogens with one attached hydrogen (secondary N) is 2. The first-order valence-electron chi connectivity index (χ1n) is 11.4. The predicted octanol–water partition coefficient (Wildman–Crippen LogP) is 2.12. The van der Waals surface area contributed by atoms with E-state index in [1.807, 2.05) is 22.9 Å². The van der Waals surface area contributed by atoms with Gasteiger partial charge in [0, 0.05) is 62.1 Å². The van der Waals surface area contributed by atoms with Crippen molar-refractivity contribution < 1.29 is 27.4 Å². The monoisotopic (exact) mass is 509 g/mol. The van der Waals surface area contributed by atoms with Crippen molar-refractivity contribution in [2.45, 2.75) is 39.3 Å². The average Bonchev–Trinajstić information content (AvgIpc) is 2.76. The number of hydrogen-bond acceptors (Lipinski definition) is 9. The van der Waals surface area contributed by atoms with Gasteiger partial charge in [0.1, 0.15) is 5.60 Å². The van der Waals surface area contributed by atoms with Crippen LogP contribution in [0.2, 0.25) is 0 Å². The molecule has 35 heavy (non-hydrogen) atoms. The Labute approximate surface area is 206 Å². The van der Waals surface area contributed by atoms with Crippen LogP contribution < -0.4 is 23.8 Å². The summed E-state index contributed by atoms with van der Waals surface area (Å²) in [5, 5.41) is 0.978. The zero-order valence-corrected chi connectivity index (χ0v) is 21.9. The van der Waals surface area contributed by atoms with Gasteiger partial charge in [-0.2, -0.15) is 13.1 Å². The SMILES string of the molecule is COc1cc2nccc(N3CCN(CCNS(=O)(=O)NC(=O)OC(C)(C)C)C(C)C3)c2cc1OC. The number of carbonyl (C=O) groups excluding carboxylic acids is 1. The van der Waals surface area contributed by atoms with E-state index >= 15 is 0 Å². The minimum absolute atomic E-state index is 0.164. The summed E-state index contributed by atoms with van der Waals surface area (Å²) in [6.45, 7) is 10.0. The molecular formula is C23H35N5O6S. The van der Waals surface area contributed by atoms with Gasteiger partial charge in [0.25, 0.3) is 0 Å². The molecule has 0 bridgehead atoms. The molecule has 1 aromatic heterocycles. The topological polar surface area (TPSA) is 122 Å². The number of nitrogens with zero attached hydrogens (tertiary/aromatic N) is 3. The first-order chi connectivity index (χ1) is 16.4. The van der Waals surface area contributed by atoms with Crippen LogP contribution in [0.4, 0.5) is 10.5 Å². The molecule has 1 atom stereocenters. The second kappa shape index (κ2) is 10.8. The number of anilines is 1. The predicted molar refractivity (Wildman–Crippen MR) is 134 cm³/mol. The van der Waals surface area contributed by atoms with Crippen molar-refractivity contribution in [2.75, 3.05) is 51.8 Å². The van der Waals surface area contributed by atoms with E-state index in [0.29, 0.717) is 18.0 Å². The van der Waals surface area contributed by atoms with Gasteiger partial charge in [0.2, 0.25) is 0 Å². The van der Waals surface area contributed by atoms with E-state index in [-0.39, 0.29) is 12.6 Å². The number of carbonyl (C=O) groups is 1. The van der Waals surface area contributed by atoms with Crippen molar-refractivity contribution in [3.63, 3.8) is 0 Å². The van der Waals surface area contributed by atoms with Crippen LogP contribution >= 0.6 is 0 Å². The average molecular weight is 510 g/mol. The molecule has 1 aromatic carbocycles. The minimum atomic E-state index is -4.00. The highest BCUT2D eigenvalue weighted by molar-refractivity contribution is 7.88. The van der Waals surface area contributed by atoms with Crippen LogP contribution in [0, 0.1) is 0 Å². The first kappa shape index (κ1) is 26.8. The Hall–Kier alpha value is -2.83. The molecule has 1 amide bonds. The van der Waals surface area contributed by atoms with Crippen LogP contribution in [0.3, 0.4) is 0 Å². The Morgan fingerprint density at radius 1 is 1.17 bits per heavy atom. The Balaban J connectivity index is 1.59. The van der Waals surface area contributed by atoms with E-state index in [4.69, 9.17) is 14.2 Å². The molecule has 12 heteroatoms. The highest BCUT2D eigenvalue weighted by atomic mass is 32.2. The number of pyridine rings is 1. The number of amides is 1. The Morgan fingerprint density at radius 2 is 1.86 bits per heavy atom. The number of ether oxygens (including phenoxy) is 3. The lowest BCUT2D eigenvalue weighted by molar-refractivity contribution is 0.0569. The third kappa shape index (κ3) is 7.09. The fourth-order valence-electron chi connectivity index (χ4n) is 4.05. The van der Waals surface area contributed by atoms with Crippen molar-refractivity contribution in [3.05, 3.63) is 24.4 Å². The summed E-state index contributed by atoms with van der Waals surface area (Å²) < 4.78 is 44.4. The van der Waals surface area contributed by atoms with E-state index in [2.05, 4.69) is 26.4 Å². The highest BCUT2D eigenvalue weighted by Crippen LogP contribution is 2.36. The van der Waals surface area contributed by atoms with E-state index in [1.54, 1.807) is 41.2 Å². The normalized spacial score (nSPS) is 17.3. The van der Waals surface area contributed by atoms with Crippen LogP contribution in [-0.2, 0) is 14.9 Å². The molecule has 0 saturated carbocycles. The second-order valence-corrected chi connectivity index (χ2v) is 10.9. The lowest BCUT2D eigenvalue weighted by Crippen LogP contribution is -2.54. The van der Waals surface area contributed by atoms with Crippen molar-refractivity contribution >= 4 is 32.9 Å². The number of aromatic nitrogens is 1. The largest absolute Gasteiger partial charge is 0.493 e. The van der Waals surface area contributed by atoms with Gasteiger partial charge >= 0.3 is 16.3 Å². The minimum Gasteiger partial charge on any atom is -0.493 e. The smallest absolute Gasteiger partial charge is 0.422 e. The van der Waals surface area contributed by atoms with Crippen molar-refractivity contribution in [1.29, 1.82) is 0 Å². The molecule has 1 aliphatic rings. The maximum atomic E-state index is 12.1. The number of rotatable bonds is 8. The third-order valence-electron chi connectivity index (χ3n) is 5.64. The van der Waals surface area contributed by atoms with Crippen molar-refractivity contribution in [1.82, 2.24) is 19.3 Å². The summed E-state index contributed by atoms with van der Waals surface area (Å²) >= 11 is 0. The fourth-order valence-corrected chi connectivity index (χ4v) is 4.74. The van der Waals surface area contributed by atoms with E-state index in [0.717, 1.165) is 36.2 Å². The zero-order valence-electron chi connectivity index (χ0n) is 21.1. The standard InChI is InChI=1S/C23H35N5O6S/c1-16-15-28(19-7-8-24-18-14-21(33-6)20(32-5)13-17(18)19)12-11-27(16)10-9-25-35(30,31)26-22(29)34-23(2,3)4/h7-8,13-14,16,25H,9-12,15H2,1-6H3,(H,26,29). The highest BCUT2D eigenvalue weighted by Gasteiger charge is 2.26. The molecule has 194 valence electrons. The van der Waals surface area contributed by atoms with Gasteiger partial charge in [-0.05, 0) is 39.8 Å². The first-order valence-corrected chi connectivity index (χ1v) is 12.9. The van der Waals surface area contributed by atoms with Gasteiger partial charge in [-0.25, -0.2) is 9.52 Å². The Morgan fingerprint density at radius 3 is 2.49 bits per heavy atom. The van der Waals surface area contributed by atoms with Crippen molar-refractivity contribution in [2.24, 2.45) is 0 Å². The van der Waals surface area contributed by atoms with Crippen LogP contribution in [-0.4, -0.2) is 83.0 Å². The molecule has 1 aliphatic heterocycles. The lowest BCUT2D eigenvalue weighted by atomic mass is 10.1. The number of piperazine rings is 1. The van der Waals surface area contributed by atoms with Crippen molar-refractivity contribution in [3.8, 4) is 11.5 Å². The molecule has 1 unspecified atom stereocenters. The summed E-state index contributed by atoms with van der Waals surface area (Å²) in [5.41, 5.74) is 1.10. The molecule has 11 nitrogen and oxygen atoms in total. The summed E-state index contributed by atoms with van der Waals surface area (Å²) in [5.74, 6) is 1.28. The second-order valence-electron chi connectivity index (χ2n) is 9.39. The maximum Gasteiger partial charge on any atom is 0.422 e. The lowest BCUT2D eigenvalue weighted by Gasteiger charge is -2.41. The Bertz CT molecular complexity index is 1150. The molecule has 2 aromatic rings. The number of benzene rings is 1. The molecule has 0 spiro atoms. The molecular weight excluding hydrogens is 474 g/mol. The fraction of sp³-hybridized carbons (Fsp3) is 0.565. The zero-order chi connectivity index (χ0) is 25.8. The molecule has 1 saturated heterocycles. The summed E-state index contributed by atoms with van der Waals surface area (Å²) in [4.78, 5) is 20.7. The van der Waals surface area contributed by atoms with Crippen LogP contribution in [0.5, 0.6) is 11.5 Å². The number of methoxy groups -OCH3 is 2. The Kier molecular flexibility index (Phi) is 8.29. The van der Waals surface area contributed by atoms with Crippen LogP contribution in [0.15, 0.2) is 24.4 Å². The summed E-state index contributed by atoms with van der Waals surface area (Å²) in [6.07, 6.45) is 0.776. The quantitative estimate of drug-likeness (QED) is 0.551. The van der Waals surface area contributed by atoms with Gasteiger partial charge < -0.3 is 19.1 Å². The molecule has 1 fully saturated rings. The van der Waals surface area contributed by atoms with E-state index in [1.165, 1.54) is 0 Å². The van der Waals surface area contributed by atoms with Gasteiger partial charge in [-0.3, -0.25) is 9.88 Å². The maximum absolute atomic E-state index is 12.1. The van der Waals surface area contributed by atoms with Gasteiger partial charge in [0.15, 0.2) is 11.5 Å².